The highest BCUT2D eigenvalue weighted by Crippen LogP contribution is 2.29. The zero-order valence-corrected chi connectivity index (χ0v) is 12.5. The molecule has 1 saturated carbocycles. The fraction of sp³-hybridized carbons (Fsp3) is 0.556. The molecule has 21 heavy (non-hydrogen) atoms. The lowest BCUT2D eigenvalue weighted by Crippen LogP contribution is -2.38. The van der Waals surface area contributed by atoms with Gasteiger partial charge in [-0.15, -0.1) is 0 Å². The van der Waals surface area contributed by atoms with E-state index in [1.807, 2.05) is 0 Å². The molecule has 0 unspecified atom stereocenters. The van der Waals surface area contributed by atoms with Gasteiger partial charge in [0.1, 0.15) is 0 Å². The van der Waals surface area contributed by atoms with Crippen LogP contribution < -0.4 is 0 Å². The Labute approximate surface area is 126 Å². The van der Waals surface area contributed by atoms with Gasteiger partial charge in [-0.05, 0) is 54.9 Å². The quantitative estimate of drug-likeness (QED) is 0.817. The SMILES string of the molecule is O=C1CCC(c2ccc3c(c2)CCC3)=NN1C1CCCC1. The third-order valence-corrected chi connectivity index (χ3v) is 5.16. The highest BCUT2D eigenvalue weighted by Gasteiger charge is 2.30. The van der Waals surface area contributed by atoms with Crippen LogP contribution >= 0.6 is 0 Å². The molecule has 1 aromatic carbocycles. The van der Waals surface area contributed by atoms with E-state index in [0.29, 0.717) is 12.5 Å². The molecule has 0 spiro atoms. The van der Waals surface area contributed by atoms with Crippen molar-refractivity contribution in [1.82, 2.24) is 5.01 Å². The van der Waals surface area contributed by atoms with Crippen molar-refractivity contribution in [3.05, 3.63) is 34.9 Å². The molecule has 1 fully saturated rings. The molecule has 1 aliphatic heterocycles. The second-order valence-corrected chi connectivity index (χ2v) is 6.56. The van der Waals surface area contributed by atoms with Crippen molar-refractivity contribution in [2.45, 2.75) is 63.8 Å². The van der Waals surface area contributed by atoms with Gasteiger partial charge in [-0.1, -0.05) is 25.0 Å². The Hall–Kier alpha value is -1.64. The Morgan fingerprint density at radius 2 is 1.76 bits per heavy atom. The van der Waals surface area contributed by atoms with Gasteiger partial charge in [0.05, 0.1) is 11.8 Å². The van der Waals surface area contributed by atoms with Crippen LogP contribution in [0.4, 0.5) is 0 Å². The average molecular weight is 282 g/mol. The van der Waals surface area contributed by atoms with Crippen LogP contribution in [0.15, 0.2) is 23.3 Å². The monoisotopic (exact) mass is 282 g/mol. The Balaban J connectivity index is 1.64. The molecule has 4 rings (SSSR count). The summed E-state index contributed by atoms with van der Waals surface area (Å²) in [4.78, 5) is 12.2. The number of hydrogen-bond acceptors (Lipinski definition) is 2. The summed E-state index contributed by atoms with van der Waals surface area (Å²) in [6.45, 7) is 0. The molecule has 0 atom stereocenters. The van der Waals surface area contributed by atoms with Gasteiger partial charge in [0.25, 0.3) is 0 Å². The molecule has 3 heteroatoms. The molecule has 0 N–H and O–H groups in total. The van der Waals surface area contributed by atoms with Crippen molar-refractivity contribution in [2.75, 3.05) is 0 Å². The predicted octanol–water partition coefficient (Wildman–Crippen LogP) is 3.44. The molecule has 0 radical (unpaired) electrons. The molecule has 1 aromatic rings. The molecular weight excluding hydrogens is 260 g/mol. The molecule has 110 valence electrons. The van der Waals surface area contributed by atoms with Crippen LogP contribution in [0.1, 0.15) is 61.6 Å². The number of hydrogen-bond donors (Lipinski definition) is 0. The smallest absolute Gasteiger partial charge is 0.243 e. The standard InChI is InChI=1S/C18H22N2O/c21-18-11-10-17(19-20(18)16-6-1-2-7-16)15-9-8-13-4-3-5-14(13)12-15/h8-9,12,16H,1-7,10-11H2. The molecule has 3 aliphatic rings. The number of fused-ring (bicyclic) bond motifs is 1. The highest BCUT2D eigenvalue weighted by atomic mass is 16.2. The number of carbonyl (C=O) groups excluding carboxylic acids is 1. The van der Waals surface area contributed by atoms with Gasteiger partial charge in [-0.25, -0.2) is 5.01 Å². The lowest BCUT2D eigenvalue weighted by Gasteiger charge is -2.28. The van der Waals surface area contributed by atoms with E-state index in [-0.39, 0.29) is 5.91 Å². The van der Waals surface area contributed by atoms with Crippen LogP contribution in [-0.4, -0.2) is 22.7 Å². The van der Waals surface area contributed by atoms with Crippen molar-refractivity contribution < 1.29 is 4.79 Å². The Bertz CT molecular complexity index is 599. The van der Waals surface area contributed by atoms with E-state index >= 15 is 0 Å². The van der Waals surface area contributed by atoms with Gasteiger partial charge >= 0.3 is 0 Å². The van der Waals surface area contributed by atoms with Crippen molar-refractivity contribution in [3.63, 3.8) is 0 Å². The maximum absolute atomic E-state index is 12.2. The minimum absolute atomic E-state index is 0.215. The van der Waals surface area contributed by atoms with Crippen molar-refractivity contribution >= 4 is 11.6 Å². The topological polar surface area (TPSA) is 32.7 Å². The molecule has 0 saturated heterocycles. The van der Waals surface area contributed by atoms with Crippen molar-refractivity contribution in [2.24, 2.45) is 5.10 Å². The Morgan fingerprint density at radius 1 is 0.952 bits per heavy atom. The minimum Gasteiger partial charge on any atom is -0.273 e. The molecule has 1 heterocycles. The number of aryl methyl sites for hydroxylation is 2. The summed E-state index contributed by atoms with van der Waals surface area (Å²) < 4.78 is 0. The summed E-state index contributed by atoms with van der Waals surface area (Å²) in [5, 5.41) is 6.55. The van der Waals surface area contributed by atoms with Gasteiger partial charge in [-0.2, -0.15) is 5.10 Å². The zero-order valence-electron chi connectivity index (χ0n) is 12.5. The second kappa shape index (κ2) is 5.28. The van der Waals surface area contributed by atoms with E-state index in [2.05, 4.69) is 18.2 Å². The number of rotatable bonds is 2. The van der Waals surface area contributed by atoms with E-state index in [1.165, 1.54) is 48.8 Å². The van der Waals surface area contributed by atoms with Gasteiger partial charge in [0, 0.05) is 12.8 Å². The molecule has 3 nitrogen and oxygen atoms in total. The normalized spacial score (nSPS) is 22.6. The predicted molar refractivity (Wildman–Crippen MR) is 83.3 cm³/mol. The fourth-order valence-corrected chi connectivity index (χ4v) is 3.96. The first-order valence-electron chi connectivity index (χ1n) is 8.33. The molecular formula is C18H22N2O. The maximum Gasteiger partial charge on any atom is 0.243 e. The van der Waals surface area contributed by atoms with E-state index in [0.717, 1.165) is 25.0 Å². The Kier molecular flexibility index (Phi) is 3.28. The summed E-state index contributed by atoms with van der Waals surface area (Å²) in [6, 6.07) is 7.12. The fourth-order valence-electron chi connectivity index (χ4n) is 3.96. The maximum atomic E-state index is 12.2. The first kappa shape index (κ1) is 13.1. The minimum atomic E-state index is 0.215. The number of hydrazone groups is 1. The number of benzene rings is 1. The van der Waals surface area contributed by atoms with E-state index < -0.39 is 0 Å². The number of carbonyl (C=O) groups is 1. The van der Waals surface area contributed by atoms with E-state index in [4.69, 9.17) is 5.10 Å². The summed E-state index contributed by atoms with van der Waals surface area (Å²) in [7, 11) is 0. The lowest BCUT2D eigenvalue weighted by atomic mass is 9.99. The van der Waals surface area contributed by atoms with Crippen LogP contribution in [0.5, 0.6) is 0 Å². The third-order valence-electron chi connectivity index (χ3n) is 5.16. The van der Waals surface area contributed by atoms with Crippen LogP contribution in [0.3, 0.4) is 0 Å². The van der Waals surface area contributed by atoms with Crippen LogP contribution in [0.2, 0.25) is 0 Å². The van der Waals surface area contributed by atoms with Gasteiger partial charge in [0.15, 0.2) is 0 Å². The summed E-state index contributed by atoms with van der Waals surface area (Å²) in [5.74, 6) is 0.215. The lowest BCUT2D eigenvalue weighted by molar-refractivity contribution is -0.134. The van der Waals surface area contributed by atoms with Crippen LogP contribution in [0, 0.1) is 0 Å². The Morgan fingerprint density at radius 3 is 2.62 bits per heavy atom. The van der Waals surface area contributed by atoms with E-state index in [1.54, 1.807) is 5.01 Å². The molecule has 0 aromatic heterocycles. The van der Waals surface area contributed by atoms with Gasteiger partial charge in [0.2, 0.25) is 5.91 Å². The van der Waals surface area contributed by atoms with Crippen molar-refractivity contribution in [1.29, 1.82) is 0 Å². The summed E-state index contributed by atoms with van der Waals surface area (Å²) >= 11 is 0. The highest BCUT2D eigenvalue weighted by molar-refractivity contribution is 6.04. The molecule has 2 aliphatic carbocycles. The third kappa shape index (κ3) is 2.39. The first-order valence-corrected chi connectivity index (χ1v) is 8.33. The zero-order chi connectivity index (χ0) is 14.2. The number of amides is 1. The van der Waals surface area contributed by atoms with Gasteiger partial charge < -0.3 is 0 Å². The first-order chi connectivity index (χ1) is 10.3. The van der Waals surface area contributed by atoms with Crippen LogP contribution in [-0.2, 0) is 17.6 Å². The molecule has 0 bridgehead atoms. The summed E-state index contributed by atoms with van der Waals surface area (Å²) in [5.41, 5.74) is 5.32. The molecule has 1 amide bonds. The largest absolute Gasteiger partial charge is 0.273 e. The van der Waals surface area contributed by atoms with Crippen molar-refractivity contribution in [3.8, 4) is 0 Å². The summed E-state index contributed by atoms with van der Waals surface area (Å²) in [6.07, 6.45) is 9.80. The number of nitrogens with zero attached hydrogens (tertiary/aromatic N) is 2. The van der Waals surface area contributed by atoms with Crippen LogP contribution in [0.25, 0.3) is 0 Å². The second-order valence-electron chi connectivity index (χ2n) is 6.56. The van der Waals surface area contributed by atoms with E-state index in [9.17, 15) is 4.79 Å². The van der Waals surface area contributed by atoms with Gasteiger partial charge in [-0.3, -0.25) is 4.79 Å². The average Bonchev–Trinajstić information content (AvgIpc) is 3.18.